The van der Waals surface area contributed by atoms with Crippen LogP contribution < -0.4 is 4.90 Å². The molecule has 0 bridgehead atoms. The molecule has 0 unspecified atom stereocenters. The Morgan fingerprint density at radius 2 is 1.55 bits per heavy atom. The number of fused-ring (bicyclic) bond motifs is 2. The van der Waals surface area contributed by atoms with Crippen molar-refractivity contribution in [1.29, 1.82) is 5.26 Å². The fourth-order valence-electron chi connectivity index (χ4n) is 5.69. The Morgan fingerprint density at radius 1 is 0.897 bits per heavy atom. The molecule has 4 nitrogen and oxygen atoms in total. The number of hydrogen-bond acceptors (Lipinski definition) is 3. The second-order valence-corrected chi connectivity index (χ2v) is 8.91. The number of likely N-dealkylation sites (tertiary alicyclic amines) is 1. The molecule has 0 radical (unpaired) electrons. The van der Waals surface area contributed by atoms with Gasteiger partial charge in [-0.25, -0.2) is 0 Å². The van der Waals surface area contributed by atoms with Crippen LogP contribution in [0.4, 0.5) is 11.4 Å². The third kappa shape index (κ3) is 2.83. The van der Waals surface area contributed by atoms with Crippen molar-refractivity contribution in [3.05, 3.63) is 60.2 Å². The lowest BCUT2D eigenvalue weighted by molar-refractivity contribution is -0.140. The Hall–Kier alpha value is -2.80. The van der Waals surface area contributed by atoms with Crippen LogP contribution in [0.2, 0.25) is 0 Å². The van der Waals surface area contributed by atoms with Gasteiger partial charge in [0, 0.05) is 36.4 Å². The van der Waals surface area contributed by atoms with Gasteiger partial charge in [0.2, 0.25) is 5.91 Å². The highest BCUT2D eigenvalue weighted by Crippen LogP contribution is 2.50. The van der Waals surface area contributed by atoms with Gasteiger partial charge in [-0.3, -0.25) is 4.79 Å². The van der Waals surface area contributed by atoms with Crippen molar-refractivity contribution in [2.75, 3.05) is 24.5 Å². The average molecular weight is 386 g/mol. The molecule has 148 valence electrons. The maximum Gasteiger partial charge on any atom is 0.243 e. The summed E-state index contributed by atoms with van der Waals surface area (Å²) in [7, 11) is 0. The fourth-order valence-corrected chi connectivity index (χ4v) is 5.69. The molecule has 5 rings (SSSR count). The van der Waals surface area contributed by atoms with Crippen molar-refractivity contribution in [3.63, 3.8) is 0 Å². The highest BCUT2D eigenvalue weighted by Gasteiger charge is 2.49. The molecular formula is C25H27N3O. The van der Waals surface area contributed by atoms with Gasteiger partial charge in [-0.1, -0.05) is 49.2 Å². The van der Waals surface area contributed by atoms with Gasteiger partial charge in [0.05, 0.1) is 6.07 Å². The maximum atomic E-state index is 13.2. The number of amides is 1. The summed E-state index contributed by atoms with van der Waals surface area (Å²) in [6, 6.07) is 21.7. The molecule has 2 fully saturated rings. The lowest BCUT2D eigenvalue weighted by Crippen LogP contribution is -2.50. The summed E-state index contributed by atoms with van der Waals surface area (Å²) >= 11 is 0. The number of hydrogen-bond donors (Lipinski definition) is 0. The normalized spacial score (nSPS) is 21.8. The minimum atomic E-state index is -0.756. The maximum absolute atomic E-state index is 13.2. The molecule has 2 aliphatic heterocycles. The van der Waals surface area contributed by atoms with Crippen LogP contribution in [0.25, 0.3) is 0 Å². The van der Waals surface area contributed by atoms with Gasteiger partial charge in [0.25, 0.3) is 0 Å². The van der Waals surface area contributed by atoms with Crippen molar-refractivity contribution in [2.45, 2.75) is 43.9 Å². The zero-order valence-electron chi connectivity index (χ0n) is 16.8. The predicted octanol–water partition coefficient (Wildman–Crippen LogP) is 4.78. The second kappa shape index (κ2) is 6.91. The molecule has 2 aromatic carbocycles. The first-order chi connectivity index (χ1) is 14.2. The minimum Gasteiger partial charge on any atom is -0.341 e. The number of rotatable bonds is 2. The van der Waals surface area contributed by atoms with Crippen molar-refractivity contribution in [1.82, 2.24) is 4.90 Å². The number of anilines is 2. The average Bonchev–Trinajstić information content (AvgIpc) is 3.39. The Kier molecular flexibility index (Phi) is 4.35. The molecule has 1 saturated carbocycles. The standard InChI is InChI=1S/C25H27N3O/c26-18-24(12-6-7-13-24)23(29)27-16-14-25(15-17-27)19-28(20-8-2-1-3-9-20)22-11-5-4-10-21(22)25/h1-5,8-11H,6-7,12-17,19H2. The molecular weight excluding hydrogens is 358 g/mol. The van der Waals surface area contributed by atoms with Crippen LogP contribution in [-0.2, 0) is 10.2 Å². The third-order valence-corrected chi connectivity index (χ3v) is 7.38. The van der Waals surface area contributed by atoms with Crippen LogP contribution in [-0.4, -0.2) is 30.4 Å². The molecule has 4 heteroatoms. The van der Waals surface area contributed by atoms with Crippen LogP contribution in [0.1, 0.15) is 44.1 Å². The van der Waals surface area contributed by atoms with Gasteiger partial charge in [-0.15, -0.1) is 0 Å². The summed E-state index contributed by atoms with van der Waals surface area (Å²) in [6.45, 7) is 2.46. The lowest BCUT2D eigenvalue weighted by atomic mass is 9.73. The first kappa shape index (κ1) is 18.2. The van der Waals surface area contributed by atoms with Gasteiger partial charge >= 0.3 is 0 Å². The van der Waals surface area contributed by atoms with E-state index >= 15 is 0 Å². The van der Waals surface area contributed by atoms with E-state index in [-0.39, 0.29) is 11.3 Å². The quantitative estimate of drug-likeness (QED) is 0.747. The molecule has 0 aromatic heterocycles. The number of nitrogens with zero attached hydrogens (tertiary/aromatic N) is 3. The van der Waals surface area contributed by atoms with E-state index in [2.05, 4.69) is 65.6 Å². The van der Waals surface area contributed by atoms with Crippen molar-refractivity contribution in [3.8, 4) is 6.07 Å². The smallest absolute Gasteiger partial charge is 0.243 e. The summed E-state index contributed by atoms with van der Waals surface area (Å²) in [5.74, 6) is 0.0820. The van der Waals surface area contributed by atoms with E-state index in [9.17, 15) is 10.1 Å². The van der Waals surface area contributed by atoms with E-state index in [0.29, 0.717) is 0 Å². The predicted molar refractivity (Wildman–Crippen MR) is 114 cm³/mol. The largest absolute Gasteiger partial charge is 0.341 e. The first-order valence-electron chi connectivity index (χ1n) is 10.8. The summed E-state index contributed by atoms with van der Waals surface area (Å²) < 4.78 is 0. The van der Waals surface area contributed by atoms with E-state index < -0.39 is 5.41 Å². The Labute approximate surface area is 172 Å². The molecule has 1 amide bonds. The molecule has 1 saturated heterocycles. The first-order valence-corrected chi connectivity index (χ1v) is 10.8. The Bertz CT molecular complexity index is 948. The molecule has 3 aliphatic rings. The summed E-state index contributed by atoms with van der Waals surface area (Å²) in [6.07, 6.45) is 5.37. The van der Waals surface area contributed by atoms with Gasteiger partial charge < -0.3 is 9.80 Å². The van der Waals surface area contributed by atoms with E-state index in [1.165, 1.54) is 16.9 Å². The molecule has 1 spiro atoms. The van der Waals surface area contributed by atoms with E-state index in [1.807, 2.05) is 4.90 Å². The SMILES string of the molecule is N#CC1(C(=O)N2CCC3(CC2)CN(c2ccccc2)c2ccccc23)CCCC1. The van der Waals surface area contributed by atoms with Gasteiger partial charge in [0.1, 0.15) is 5.41 Å². The van der Waals surface area contributed by atoms with Gasteiger partial charge in [-0.05, 0) is 49.4 Å². The van der Waals surface area contributed by atoms with E-state index in [0.717, 1.165) is 58.2 Å². The molecule has 29 heavy (non-hydrogen) atoms. The zero-order chi connectivity index (χ0) is 19.9. The number of piperidine rings is 1. The highest BCUT2D eigenvalue weighted by atomic mass is 16.2. The van der Waals surface area contributed by atoms with Crippen molar-refractivity contribution < 1.29 is 4.79 Å². The Balaban J connectivity index is 1.39. The van der Waals surface area contributed by atoms with Crippen LogP contribution in [0.5, 0.6) is 0 Å². The highest BCUT2D eigenvalue weighted by molar-refractivity contribution is 5.86. The van der Waals surface area contributed by atoms with Gasteiger partial charge in [-0.2, -0.15) is 5.26 Å². The molecule has 1 aliphatic carbocycles. The summed E-state index contributed by atoms with van der Waals surface area (Å²) in [4.78, 5) is 17.6. The molecule has 0 atom stereocenters. The number of carbonyl (C=O) groups excluding carboxylic acids is 1. The van der Waals surface area contributed by atoms with Crippen LogP contribution in [0.15, 0.2) is 54.6 Å². The van der Waals surface area contributed by atoms with Crippen LogP contribution in [0, 0.1) is 16.7 Å². The number of nitriles is 1. The summed E-state index contributed by atoms with van der Waals surface area (Å²) in [5, 5.41) is 9.71. The number of para-hydroxylation sites is 2. The minimum absolute atomic E-state index is 0.0820. The summed E-state index contributed by atoms with van der Waals surface area (Å²) in [5.41, 5.74) is 3.26. The van der Waals surface area contributed by atoms with Crippen molar-refractivity contribution in [2.24, 2.45) is 5.41 Å². The van der Waals surface area contributed by atoms with Gasteiger partial charge in [0.15, 0.2) is 0 Å². The number of benzene rings is 2. The molecule has 2 heterocycles. The van der Waals surface area contributed by atoms with E-state index in [1.54, 1.807) is 0 Å². The topological polar surface area (TPSA) is 47.3 Å². The zero-order valence-corrected chi connectivity index (χ0v) is 16.8. The molecule has 2 aromatic rings. The molecule has 0 N–H and O–H groups in total. The van der Waals surface area contributed by atoms with Crippen LogP contribution >= 0.6 is 0 Å². The van der Waals surface area contributed by atoms with E-state index in [4.69, 9.17) is 0 Å². The second-order valence-electron chi connectivity index (χ2n) is 8.91. The lowest BCUT2D eigenvalue weighted by Gasteiger charge is -2.41. The Morgan fingerprint density at radius 3 is 2.24 bits per heavy atom. The number of carbonyl (C=O) groups is 1. The third-order valence-electron chi connectivity index (χ3n) is 7.38. The van der Waals surface area contributed by atoms with Crippen molar-refractivity contribution >= 4 is 17.3 Å². The fraction of sp³-hybridized carbons (Fsp3) is 0.440. The van der Waals surface area contributed by atoms with Crippen LogP contribution in [0.3, 0.4) is 0 Å². The monoisotopic (exact) mass is 385 g/mol.